The van der Waals surface area contributed by atoms with E-state index in [1.54, 1.807) is 49.4 Å². The van der Waals surface area contributed by atoms with Gasteiger partial charge >= 0.3 is 5.69 Å². The lowest BCUT2D eigenvalue weighted by atomic mass is 10.1. The van der Waals surface area contributed by atoms with Gasteiger partial charge in [-0.2, -0.15) is 5.26 Å². The topological polar surface area (TPSA) is 175 Å². The number of carbonyl (C=O) groups excluding carboxylic acids is 2. The highest BCUT2D eigenvalue weighted by Crippen LogP contribution is 2.37. The second-order valence-electron chi connectivity index (χ2n) is 8.55. The fraction of sp³-hybridized carbons (Fsp3) is 0.192. The third kappa shape index (κ3) is 5.16. The number of likely N-dealkylation sites (N-methyl/N-ethyl adjacent to an activating group) is 1. The molecule has 0 N–H and O–H groups in total. The zero-order valence-electron chi connectivity index (χ0n) is 20.9. The molecule has 1 aliphatic rings. The van der Waals surface area contributed by atoms with E-state index in [0.29, 0.717) is 35.5 Å². The van der Waals surface area contributed by atoms with Crippen LogP contribution in [0.4, 0.5) is 28.4 Å². The highest BCUT2D eigenvalue weighted by molar-refractivity contribution is 6.21. The summed E-state index contributed by atoms with van der Waals surface area (Å²) in [6.45, 7) is 4.86. The third-order valence-corrected chi connectivity index (χ3v) is 6.26. The number of rotatable bonds is 9. The molecule has 0 atom stereocenters. The summed E-state index contributed by atoms with van der Waals surface area (Å²) in [5.41, 5.74) is 0.581. The summed E-state index contributed by atoms with van der Waals surface area (Å²) in [6.07, 6.45) is 0. The van der Waals surface area contributed by atoms with E-state index in [0.717, 1.165) is 17.8 Å². The molecule has 13 heteroatoms. The lowest BCUT2D eigenvalue weighted by Gasteiger charge is -2.26. The van der Waals surface area contributed by atoms with Crippen molar-refractivity contribution in [2.24, 2.45) is 10.2 Å². The molecule has 0 saturated heterocycles. The molecule has 0 fully saturated rings. The number of hydrogen-bond donors (Lipinski definition) is 0. The summed E-state index contributed by atoms with van der Waals surface area (Å²) < 4.78 is 0. The second kappa shape index (κ2) is 10.9. The normalized spacial score (nSPS) is 12.5. The number of non-ortho nitro benzene ring substituents is 1. The maximum Gasteiger partial charge on any atom is 0.304 e. The number of benzene rings is 3. The minimum Gasteiger partial charge on any atom is -0.370 e. The van der Waals surface area contributed by atoms with Crippen LogP contribution < -0.4 is 4.90 Å². The number of fused-ring (bicyclic) bond motifs is 1. The van der Waals surface area contributed by atoms with Crippen LogP contribution >= 0.6 is 0 Å². The number of carbonyl (C=O) groups is 2. The van der Waals surface area contributed by atoms with Gasteiger partial charge in [0.05, 0.1) is 38.3 Å². The first-order valence-corrected chi connectivity index (χ1v) is 11.8. The number of anilines is 1. The molecule has 3 aromatic carbocycles. The standard InChI is InChI=1S/C26H21N7O6/c1-3-30(10-11-31-25(34)20-6-4-5-7-21(20)26(31)35)18-8-9-22(16(2)12-18)28-29-24-17(15-27)13-19(32(36)37)14-23(24)33(38)39/h4-9,12-14H,3,10-11H2,1-2H3/b29-28+. The van der Waals surface area contributed by atoms with Gasteiger partial charge in [-0.25, -0.2) is 0 Å². The molecule has 39 heavy (non-hydrogen) atoms. The number of nitro benzene ring substituents is 2. The summed E-state index contributed by atoms with van der Waals surface area (Å²) in [7, 11) is 0. The largest absolute Gasteiger partial charge is 0.370 e. The first kappa shape index (κ1) is 26.6. The van der Waals surface area contributed by atoms with Gasteiger partial charge in [0.2, 0.25) is 0 Å². The zero-order valence-corrected chi connectivity index (χ0v) is 20.9. The lowest BCUT2D eigenvalue weighted by molar-refractivity contribution is -0.393. The molecular weight excluding hydrogens is 506 g/mol. The van der Waals surface area contributed by atoms with Crippen molar-refractivity contribution in [3.8, 4) is 6.07 Å². The Morgan fingerprint density at radius 2 is 1.64 bits per heavy atom. The third-order valence-electron chi connectivity index (χ3n) is 6.26. The van der Waals surface area contributed by atoms with Crippen molar-refractivity contribution in [2.45, 2.75) is 13.8 Å². The Morgan fingerprint density at radius 1 is 0.974 bits per heavy atom. The average molecular weight is 527 g/mol. The van der Waals surface area contributed by atoms with Crippen molar-refractivity contribution < 1.29 is 19.4 Å². The van der Waals surface area contributed by atoms with Gasteiger partial charge in [-0.05, 0) is 49.7 Å². The van der Waals surface area contributed by atoms with Gasteiger partial charge < -0.3 is 4.90 Å². The van der Waals surface area contributed by atoms with E-state index in [1.807, 2.05) is 17.9 Å². The van der Waals surface area contributed by atoms with Gasteiger partial charge in [-0.1, -0.05) is 12.1 Å². The molecule has 0 spiro atoms. The highest BCUT2D eigenvalue weighted by Gasteiger charge is 2.35. The van der Waals surface area contributed by atoms with E-state index < -0.39 is 21.2 Å². The minimum absolute atomic E-state index is 0.196. The van der Waals surface area contributed by atoms with Crippen LogP contribution in [0, 0.1) is 38.5 Å². The van der Waals surface area contributed by atoms with Crippen molar-refractivity contribution in [2.75, 3.05) is 24.5 Å². The molecule has 0 saturated carbocycles. The number of imide groups is 1. The monoisotopic (exact) mass is 527 g/mol. The Balaban J connectivity index is 1.54. The molecule has 0 unspecified atom stereocenters. The smallest absolute Gasteiger partial charge is 0.304 e. The molecule has 196 valence electrons. The Hall–Kier alpha value is -5.51. The van der Waals surface area contributed by atoms with Crippen LogP contribution in [0.2, 0.25) is 0 Å². The van der Waals surface area contributed by atoms with E-state index in [4.69, 9.17) is 0 Å². The van der Waals surface area contributed by atoms with Crippen LogP contribution in [0.15, 0.2) is 64.8 Å². The van der Waals surface area contributed by atoms with E-state index in [1.165, 1.54) is 4.90 Å². The summed E-state index contributed by atoms with van der Waals surface area (Å²) in [5, 5.41) is 39.9. The van der Waals surface area contributed by atoms with Crippen molar-refractivity contribution in [3.63, 3.8) is 0 Å². The number of nitriles is 1. The molecule has 1 heterocycles. The predicted octanol–water partition coefficient (Wildman–Crippen LogP) is 5.22. The summed E-state index contributed by atoms with van der Waals surface area (Å²) in [4.78, 5) is 49.4. The van der Waals surface area contributed by atoms with Crippen molar-refractivity contribution >= 4 is 40.3 Å². The number of nitrogens with zero attached hydrogens (tertiary/aromatic N) is 7. The molecule has 1 aliphatic heterocycles. The Bertz CT molecular complexity index is 1560. The fourth-order valence-electron chi connectivity index (χ4n) is 4.22. The summed E-state index contributed by atoms with van der Waals surface area (Å²) in [6, 6.07) is 15.2. The lowest BCUT2D eigenvalue weighted by Crippen LogP contribution is -2.38. The van der Waals surface area contributed by atoms with Crippen LogP contribution in [0.3, 0.4) is 0 Å². The van der Waals surface area contributed by atoms with Gasteiger partial charge in [-0.3, -0.25) is 34.7 Å². The first-order chi connectivity index (χ1) is 18.7. The van der Waals surface area contributed by atoms with Gasteiger partial charge in [0.25, 0.3) is 17.5 Å². The molecule has 0 radical (unpaired) electrons. The van der Waals surface area contributed by atoms with Crippen molar-refractivity contribution in [3.05, 3.63) is 97.1 Å². The molecule has 0 bridgehead atoms. The van der Waals surface area contributed by atoms with Gasteiger partial charge in [-0.15, -0.1) is 10.2 Å². The zero-order chi connectivity index (χ0) is 28.3. The number of nitro groups is 2. The van der Waals surface area contributed by atoms with E-state index >= 15 is 0 Å². The van der Waals surface area contributed by atoms with Crippen molar-refractivity contribution in [1.82, 2.24) is 4.90 Å². The van der Waals surface area contributed by atoms with Crippen LogP contribution in [0.25, 0.3) is 0 Å². The quantitative estimate of drug-likeness (QED) is 0.157. The Kier molecular flexibility index (Phi) is 7.39. The van der Waals surface area contributed by atoms with E-state index in [2.05, 4.69) is 10.2 Å². The molecule has 2 amide bonds. The molecule has 13 nitrogen and oxygen atoms in total. The first-order valence-electron chi connectivity index (χ1n) is 11.8. The molecule has 0 aromatic heterocycles. The molecular formula is C26H21N7O6. The number of azo groups is 1. The van der Waals surface area contributed by atoms with E-state index in [9.17, 15) is 35.1 Å². The van der Waals surface area contributed by atoms with Gasteiger partial charge in [0.15, 0.2) is 5.69 Å². The fourth-order valence-corrected chi connectivity index (χ4v) is 4.22. The van der Waals surface area contributed by atoms with Crippen molar-refractivity contribution in [1.29, 1.82) is 5.26 Å². The number of amides is 2. The van der Waals surface area contributed by atoms with E-state index in [-0.39, 0.29) is 29.6 Å². The maximum absolute atomic E-state index is 12.7. The van der Waals surface area contributed by atoms with Crippen LogP contribution in [0.5, 0.6) is 0 Å². The SMILES string of the molecule is CCN(CCN1C(=O)c2ccccc2C1=O)c1ccc(/N=N/c2c(C#N)cc([N+](=O)[O-])cc2[N+](=O)[O-])c(C)c1. The van der Waals surface area contributed by atoms with Crippen LogP contribution in [-0.2, 0) is 0 Å². The average Bonchev–Trinajstić information content (AvgIpc) is 3.17. The molecule has 3 aromatic rings. The van der Waals surface area contributed by atoms with Gasteiger partial charge in [0, 0.05) is 31.4 Å². The number of aryl methyl sites for hydroxylation is 1. The Labute approximate surface area is 221 Å². The predicted molar refractivity (Wildman–Crippen MR) is 140 cm³/mol. The highest BCUT2D eigenvalue weighted by atomic mass is 16.6. The van der Waals surface area contributed by atoms with Gasteiger partial charge in [0.1, 0.15) is 6.07 Å². The second-order valence-corrected chi connectivity index (χ2v) is 8.55. The minimum atomic E-state index is -0.856. The van der Waals surface area contributed by atoms with Crippen LogP contribution in [-0.4, -0.2) is 46.2 Å². The molecule has 4 rings (SSSR count). The Morgan fingerprint density at radius 3 is 2.18 bits per heavy atom. The van der Waals surface area contributed by atoms with Crippen LogP contribution in [0.1, 0.15) is 38.8 Å². The summed E-state index contributed by atoms with van der Waals surface area (Å²) >= 11 is 0. The number of hydrogen-bond acceptors (Lipinski definition) is 10. The molecule has 0 aliphatic carbocycles. The summed E-state index contributed by atoms with van der Waals surface area (Å²) in [5.74, 6) is -0.647. The maximum atomic E-state index is 12.7.